The topological polar surface area (TPSA) is 84.3 Å². The van der Waals surface area contributed by atoms with Crippen LogP contribution in [0, 0.1) is 12.8 Å². The third-order valence-electron chi connectivity index (χ3n) is 4.83. The Hall–Kier alpha value is -2.18. The van der Waals surface area contributed by atoms with Gasteiger partial charge < -0.3 is 19.4 Å². The van der Waals surface area contributed by atoms with Gasteiger partial charge in [-0.3, -0.25) is 0 Å². The van der Waals surface area contributed by atoms with E-state index in [1.54, 1.807) is 6.26 Å². The molecule has 2 heterocycles. The minimum Gasteiger partial charge on any atom is -0.464 e. The number of hydrogen-bond donors (Lipinski definition) is 2. The standard InChI is InChI=1S/C18H21N3O3/c1-11-20-18(24-21-11)12-6-13(16(22)7-12)8-19-9-14-10-23-17-5-3-2-4-15(14)17/h2-5,10,12-13,16,19,22H,6-9H2,1H3/t12-,13+,16+/m0/s1. The first-order valence-electron chi connectivity index (χ1n) is 8.35. The van der Waals surface area contributed by atoms with Crippen LogP contribution in [0.2, 0.25) is 0 Å². The number of benzene rings is 1. The molecule has 2 aromatic heterocycles. The van der Waals surface area contributed by atoms with Crippen molar-refractivity contribution in [2.75, 3.05) is 6.54 Å². The third kappa shape index (κ3) is 2.95. The summed E-state index contributed by atoms with van der Waals surface area (Å²) in [5, 5.41) is 18.7. The number of fused-ring (bicyclic) bond motifs is 1. The van der Waals surface area contributed by atoms with E-state index in [4.69, 9.17) is 8.94 Å². The maximum atomic E-state index is 10.3. The molecule has 0 amide bonds. The zero-order chi connectivity index (χ0) is 16.5. The van der Waals surface area contributed by atoms with Crippen LogP contribution in [0.1, 0.15) is 36.0 Å². The Bertz CT molecular complexity index is 826. The highest BCUT2D eigenvalue weighted by Gasteiger charge is 2.36. The van der Waals surface area contributed by atoms with Gasteiger partial charge in [-0.15, -0.1) is 0 Å². The molecule has 1 aliphatic carbocycles. The average Bonchev–Trinajstić information content (AvgIpc) is 3.28. The quantitative estimate of drug-likeness (QED) is 0.749. The smallest absolute Gasteiger partial charge is 0.229 e. The molecule has 126 valence electrons. The molecule has 0 radical (unpaired) electrons. The van der Waals surface area contributed by atoms with Crippen molar-refractivity contribution in [3.8, 4) is 0 Å². The summed E-state index contributed by atoms with van der Waals surface area (Å²) in [5.74, 6) is 1.64. The van der Waals surface area contributed by atoms with E-state index < -0.39 is 0 Å². The second-order valence-electron chi connectivity index (χ2n) is 6.56. The molecule has 1 saturated carbocycles. The van der Waals surface area contributed by atoms with Gasteiger partial charge in [-0.05, 0) is 31.7 Å². The van der Waals surface area contributed by atoms with Crippen LogP contribution in [0.4, 0.5) is 0 Å². The number of aromatic nitrogens is 2. The van der Waals surface area contributed by atoms with Gasteiger partial charge in [0.05, 0.1) is 12.4 Å². The molecular formula is C18H21N3O3. The highest BCUT2D eigenvalue weighted by molar-refractivity contribution is 5.80. The van der Waals surface area contributed by atoms with E-state index in [0.717, 1.165) is 36.0 Å². The first-order chi connectivity index (χ1) is 11.7. The van der Waals surface area contributed by atoms with Gasteiger partial charge in [0, 0.05) is 30.0 Å². The number of nitrogens with zero attached hydrogens (tertiary/aromatic N) is 2. The van der Waals surface area contributed by atoms with Crippen molar-refractivity contribution < 1.29 is 14.0 Å². The highest BCUT2D eigenvalue weighted by Crippen LogP contribution is 2.37. The summed E-state index contributed by atoms with van der Waals surface area (Å²) in [4.78, 5) is 4.29. The third-order valence-corrected chi connectivity index (χ3v) is 4.83. The molecule has 1 fully saturated rings. The summed E-state index contributed by atoms with van der Waals surface area (Å²) in [7, 11) is 0. The summed E-state index contributed by atoms with van der Waals surface area (Å²) in [6, 6.07) is 8.01. The van der Waals surface area contributed by atoms with Gasteiger partial charge in [0.15, 0.2) is 5.82 Å². The minimum atomic E-state index is -0.337. The van der Waals surface area contributed by atoms with Crippen LogP contribution < -0.4 is 5.32 Å². The molecule has 0 unspecified atom stereocenters. The average molecular weight is 327 g/mol. The van der Waals surface area contributed by atoms with Crippen LogP contribution in [0.5, 0.6) is 0 Å². The van der Waals surface area contributed by atoms with Crippen LogP contribution in [0.15, 0.2) is 39.5 Å². The fourth-order valence-corrected chi connectivity index (χ4v) is 3.56. The van der Waals surface area contributed by atoms with Crippen LogP contribution in [0.25, 0.3) is 11.0 Å². The van der Waals surface area contributed by atoms with Crippen LogP contribution in [0.3, 0.4) is 0 Å². The lowest BCUT2D eigenvalue weighted by Crippen LogP contribution is -2.27. The Kier molecular flexibility index (Phi) is 4.08. The Labute approximate surface area is 139 Å². The van der Waals surface area contributed by atoms with E-state index in [1.165, 1.54) is 0 Å². The van der Waals surface area contributed by atoms with Crippen molar-refractivity contribution in [3.05, 3.63) is 47.8 Å². The van der Waals surface area contributed by atoms with Gasteiger partial charge in [-0.25, -0.2) is 0 Å². The molecule has 2 N–H and O–H groups in total. The summed E-state index contributed by atoms with van der Waals surface area (Å²) in [6.07, 6.45) is 3.01. The molecule has 1 aliphatic rings. The fourth-order valence-electron chi connectivity index (χ4n) is 3.56. The van der Waals surface area contributed by atoms with Crippen molar-refractivity contribution in [1.82, 2.24) is 15.5 Å². The van der Waals surface area contributed by atoms with Gasteiger partial charge in [0.25, 0.3) is 0 Å². The Balaban J connectivity index is 1.34. The van der Waals surface area contributed by atoms with E-state index in [0.29, 0.717) is 18.1 Å². The maximum Gasteiger partial charge on any atom is 0.229 e. The zero-order valence-corrected chi connectivity index (χ0v) is 13.6. The van der Waals surface area contributed by atoms with Crippen LogP contribution >= 0.6 is 0 Å². The van der Waals surface area contributed by atoms with Crippen molar-refractivity contribution in [1.29, 1.82) is 0 Å². The number of nitrogens with one attached hydrogen (secondary N) is 1. The first kappa shape index (κ1) is 15.4. The predicted molar refractivity (Wildman–Crippen MR) is 88.4 cm³/mol. The molecule has 0 bridgehead atoms. The molecule has 0 spiro atoms. The molecule has 0 aliphatic heterocycles. The number of hydrogen-bond acceptors (Lipinski definition) is 6. The lowest BCUT2D eigenvalue weighted by atomic mass is 10.0. The largest absolute Gasteiger partial charge is 0.464 e. The maximum absolute atomic E-state index is 10.3. The van der Waals surface area contributed by atoms with Crippen molar-refractivity contribution in [3.63, 3.8) is 0 Å². The molecule has 3 aromatic rings. The fraction of sp³-hybridized carbons (Fsp3) is 0.444. The summed E-state index contributed by atoms with van der Waals surface area (Å²) >= 11 is 0. The van der Waals surface area contributed by atoms with E-state index in [1.807, 2.05) is 25.1 Å². The number of rotatable bonds is 5. The van der Waals surface area contributed by atoms with Crippen LogP contribution in [-0.4, -0.2) is 27.9 Å². The molecule has 4 rings (SSSR count). The van der Waals surface area contributed by atoms with Crippen molar-refractivity contribution >= 4 is 11.0 Å². The number of aliphatic hydroxyl groups is 1. The summed E-state index contributed by atoms with van der Waals surface area (Å²) in [5.41, 5.74) is 2.05. The van der Waals surface area contributed by atoms with Gasteiger partial charge in [0.1, 0.15) is 5.58 Å². The van der Waals surface area contributed by atoms with Gasteiger partial charge in [0.2, 0.25) is 5.89 Å². The van der Waals surface area contributed by atoms with E-state index in [9.17, 15) is 5.11 Å². The van der Waals surface area contributed by atoms with Gasteiger partial charge in [-0.2, -0.15) is 4.98 Å². The number of aliphatic hydroxyl groups excluding tert-OH is 1. The summed E-state index contributed by atoms with van der Waals surface area (Å²) in [6.45, 7) is 3.29. The normalized spacial score (nSPS) is 24.0. The van der Waals surface area contributed by atoms with Gasteiger partial charge >= 0.3 is 0 Å². The SMILES string of the molecule is Cc1noc([C@H]2C[C@H](CNCc3coc4ccccc34)[C@H](O)C2)n1. The van der Waals surface area contributed by atoms with Gasteiger partial charge in [-0.1, -0.05) is 23.4 Å². The van der Waals surface area contributed by atoms with E-state index >= 15 is 0 Å². The molecule has 6 heteroatoms. The predicted octanol–water partition coefficient (Wildman–Crippen LogP) is 2.77. The van der Waals surface area contributed by atoms with Crippen molar-refractivity contribution in [2.45, 2.75) is 38.3 Å². The zero-order valence-electron chi connectivity index (χ0n) is 13.6. The number of para-hydroxylation sites is 1. The molecule has 3 atom stereocenters. The number of furan rings is 1. The first-order valence-corrected chi connectivity index (χ1v) is 8.35. The molecule has 24 heavy (non-hydrogen) atoms. The Morgan fingerprint density at radius 1 is 1.29 bits per heavy atom. The highest BCUT2D eigenvalue weighted by atomic mass is 16.5. The van der Waals surface area contributed by atoms with Crippen molar-refractivity contribution in [2.24, 2.45) is 5.92 Å². The Morgan fingerprint density at radius 3 is 3.00 bits per heavy atom. The summed E-state index contributed by atoms with van der Waals surface area (Å²) < 4.78 is 10.8. The minimum absolute atomic E-state index is 0.155. The second-order valence-corrected chi connectivity index (χ2v) is 6.56. The molecule has 0 saturated heterocycles. The molecule has 1 aromatic carbocycles. The van der Waals surface area contributed by atoms with E-state index in [2.05, 4.69) is 21.5 Å². The molecule has 6 nitrogen and oxygen atoms in total. The Morgan fingerprint density at radius 2 is 2.17 bits per heavy atom. The number of aryl methyl sites for hydroxylation is 1. The second kappa shape index (κ2) is 6.37. The van der Waals surface area contributed by atoms with E-state index in [-0.39, 0.29) is 17.9 Å². The monoisotopic (exact) mass is 327 g/mol. The lowest BCUT2D eigenvalue weighted by molar-refractivity contribution is 0.130. The molecular weight excluding hydrogens is 306 g/mol. The lowest BCUT2D eigenvalue weighted by Gasteiger charge is -2.14. The van der Waals surface area contributed by atoms with Crippen LogP contribution in [-0.2, 0) is 6.54 Å².